The maximum absolute atomic E-state index is 12.6. The predicted molar refractivity (Wildman–Crippen MR) is 97.7 cm³/mol. The van der Waals surface area contributed by atoms with E-state index < -0.39 is 0 Å². The minimum absolute atomic E-state index is 0.0626. The second-order valence-electron chi connectivity index (χ2n) is 7.55. The molecule has 4 N–H and O–H groups in total. The lowest BCUT2D eigenvalue weighted by atomic mass is 9.69. The molecule has 132 valence electrons. The third-order valence-electron chi connectivity index (χ3n) is 6.01. The monoisotopic (exact) mass is 339 g/mol. The Kier molecular flexibility index (Phi) is 3.78. The lowest BCUT2D eigenvalue weighted by molar-refractivity contribution is -0.117. The number of anilines is 2. The normalized spacial score (nSPS) is 24.8. The number of amides is 1. The first-order valence-electron chi connectivity index (χ1n) is 9.08. The number of nitrogens with one attached hydrogen (secondary N) is 2. The molecule has 6 heteroatoms. The Morgan fingerprint density at radius 3 is 2.76 bits per heavy atom. The Bertz CT molecular complexity index is 789. The van der Waals surface area contributed by atoms with E-state index >= 15 is 0 Å². The van der Waals surface area contributed by atoms with Crippen LogP contribution in [0.15, 0.2) is 29.2 Å². The summed E-state index contributed by atoms with van der Waals surface area (Å²) in [5.74, 6) is 1.60. The quantitative estimate of drug-likeness (QED) is 0.770. The van der Waals surface area contributed by atoms with Gasteiger partial charge in [-0.3, -0.25) is 4.79 Å². The summed E-state index contributed by atoms with van der Waals surface area (Å²) in [7, 11) is 0. The molecular formula is C19H25N5O. The first kappa shape index (κ1) is 16.1. The molecule has 1 aromatic heterocycles. The third-order valence-corrected chi connectivity index (χ3v) is 6.01. The van der Waals surface area contributed by atoms with Crippen molar-refractivity contribution in [3.05, 3.63) is 34.8 Å². The van der Waals surface area contributed by atoms with Gasteiger partial charge >= 0.3 is 0 Å². The predicted octanol–water partition coefficient (Wildman–Crippen LogP) is 2.83. The standard InChI is InChI=1S/C19H25N5O/c1-11-8-13(23-17-12(2)16(20)21-10-22-17)9-14-15(11)18(25)24-19(14)6-4-3-5-7-19/h8,10,14H,3-7,9H2,1-2H3,(H,24,25)(H3,20,21,22,23). The number of hydrogen-bond donors (Lipinski definition) is 3. The average molecular weight is 339 g/mol. The number of allylic oxidation sites excluding steroid dienone is 3. The second kappa shape index (κ2) is 5.86. The van der Waals surface area contributed by atoms with Crippen LogP contribution in [0, 0.1) is 12.8 Å². The summed E-state index contributed by atoms with van der Waals surface area (Å²) >= 11 is 0. The van der Waals surface area contributed by atoms with E-state index in [-0.39, 0.29) is 17.4 Å². The van der Waals surface area contributed by atoms with Gasteiger partial charge in [0.1, 0.15) is 18.0 Å². The van der Waals surface area contributed by atoms with Crippen molar-refractivity contribution in [3.8, 4) is 0 Å². The summed E-state index contributed by atoms with van der Waals surface area (Å²) in [4.78, 5) is 20.9. The molecule has 6 nitrogen and oxygen atoms in total. The number of carbonyl (C=O) groups is 1. The highest BCUT2D eigenvalue weighted by Crippen LogP contribution is 2.48. The van der Waals surface area contributed by atoms with Gasteiger partial charge in [-0.05, 0) is 44.8 Å². The van der Waals surface area contributed by atoms with Crippen molar-refractivity contribution in [1.82, 2.24) is 15.3 Å². The van der Waals surface area contributed by atoms with Gasteiger partial charge in [-0.2, -0.15) is 0 Å². The maximum Gasteiger partial charge on any atom is 0.248 e. The van der Waals surface area contributed by atoms with Crippen LogP contribution in [-0.4, -0.2) is 21.4 Å². The Labute approximate surface area is 148 Å². The van der Waals surface area contributed by atoms with Gasteiger partial charge in [0.2, 0.25) is 5.91 Å². The van der Waals surface area contributed by atoms with E-state index in [1.165, 1.54) is 25.6 Å². The number of fused-ring (bicyclic) bond motifs is 2. The van der Waals surface area contributed by atoms with Crippen LogP contribution >= 0.6 is 0 Å². The molecule has 0 aromatic carbocycles. The molecule has 1 saturated carbocycles. The van der Waals surface area contributed by atoms with Crippen LogP contribution < -0.4 is 16.4 Å². The summed E-state index contributed by atoms with van der Waals surface area (Å²) in [6.07, 6.45) is 10.2. The molecule has 0 bridgehead atoms. The minimum atomic E-state index is -0.0626. The van der Waals surface area contributed by atoms with Gasteiger partial charge in [0, 0.05) is 28.3 Å². The number of hydrogen-bond acceptors (Lipinski definition) is 5. The van der Waals surface area contributed by atoms with Crippen molar-refractivity contribution >= 4 is 17.5 Å². The van der Waals surface area contributed by atoms with E-state index in [4.69, 9.17) is 5.73 Å². The largest absolute Gasteiger partial charge is 0.383 e. The zero-order valence-electron chi connectivity index (χ0n) is 14.9. The van der Waals surface area contributed by atoms with Crippen LogP contribution in [0.4, 0.5) is 11.6 Å². The van der Waals surface area contributed by atoms with Gasteiger partial charge in [0.25, 0.3) is 0 Å². The van der Waals surface area contributed by atoms with Gasteiger partial charge in [-0.15, -0.1) is 0 Å². The van der Waals surface area contributed by atoms with Gasteiger partial charge < -0.3 is 16.4 Å². The smallest absolute Gasteiger partial charge is 0.248 e. The zero-order chi connectivity index (χ0) is 17.6. The van der Waals surface area contributed by atoms with Gasteiger partial charge in [-0.1, -0.05) is 19.3 Å². The van der Waals surface area contributed by atoms with Crippen molar-refractivity contribution < 1.29 is 4.79 Å². The second-order valence-corrected chi connectivity index (χ2v) is 7.55. The first-order valence-corrected chi connectivity index (χ1v) is 9.08. The molecule has 2 fully saturated rings. The van der Waals surface area contributed by atoms with E-state index in [9.17, 15) is 4.79 Å². The Balaban J connectivity index is 1.66. The fourth-order valence-electron chi connectivity index (χ4n) is 4.67. The molecule has 1 aliphatic heterocycles. The van der Waals surface area contributed by atoms with Crippen LogP contribution in [0.1, 0.15) is 51.0 Å². The van der Waals surface area contributed by atoms with Crippen molar-refractivity contribution in [2.24, 2.45) is 5.92 Å². The van der Waals surface area contributed by atoms with E-state index in [1.54, 1.807) is 0 Å². The van der Waals surface area contributed by atoms with Gasteiger partial charge in [0.15, 0.2) is 0 Å². The summed E-state index contributed by atoms with van der Waals surface area (Å²) in [6.45, 7) is 3.95. The number of nitrogen functional groups attached to an aromatic ring is 1. The lowest BCUT2D eigenvalue weighted by Gasteiger charge is -2.40. The van der Waals surface area contributed by atoms with Gasteiger partial charge in [0.05, 0.1) is 0 Å². The number of carbonyl (C=O) groups excluding carboxylic acids is 1. The topological polar surface area (TPSA) is 92.9 Å². The molecule has 2 aliphatic carbocycles. The lowest BCUT2D eigenvalue weighted by Crippen LogP contribution is -2.47. The third kappa shape index (κ3) is 2.60. The first-order chi connectivity index (χ1) is 12.0. The number of aromatic nitrogens is 2. The average Bonchev–Trinajstić information content (AvgIpc) is 2.85. The highest BCUT2D eigenvalue weighted by molar-refractivity contribution is 5.99. The van der Waals surface area contributed by atoms with Crippen LogP contribution in [0.5, 0.6) is 0 Å². The van der Waals surface area contributed by atoms with Crippen LogP contribution in [0.3, 0.4) is 0 Å². The molecular weight excluding hydrogens is 314 g/mol. The molecule has 1 atom stereocenters. The molecule has 1 amide bonds. The molecule has 2 heterocycles. The van der Waals surface area contributed by atoms with E-state index in [0.717, 1.165) is 47.5 Å². The molecule has 1 aromatic rings. The van der Waals surface area contributed by atoms with Crippen molar-refractivity contribution in [2.45, 2.75) is 57.9 Å². The Hall–Kier alpha value is -2.37. The van der Waals surface area contributed by atoms with Crippen LogP contribution in [0.25, 0.3) is 0 Å². The molecule has 0 radical (unpaired) electrons. The minimum Gasteiger partial charge on any atom is -0.383 e. The summed E-state index contributed by atoms with van der Waals surface area (Å²) in [5.41, 5.74) is 9.81. The van der Waals surface area contributed by atoms with E-state index in [1.807, 2.05) is 13.8 Å². The highest BCUT2D eigenvalue weighted by atomic mass is 16.2. The van der Waals surface area contributed by atoms with Crippen LogP contribution in [0.2, 0.25) is 0 Å². The Morgan fingerprint density at radius 1 is 1.24 bits per heavy atom. The van der Waals surface area contributed by atoms with Gasteiger partial charge in [-0.25, -0.2) is 9.97 Å². The Morgan fingerprint density at radius 2 is 2.00 bits per heavy atom. The summed E-state index contributed by atoms with van der Waals surface area (Å²) < 4.78 is 0. The molecule has 1 unspecified atom stereocenters. The zero-order valence-corrected chi connectivity index (χ0v) is 14.9. The molecule has 3 aliphatic rings. The summed E-state index contributed by atoms with van der Waals surface area (Å²) in [6, 6.07) is 0. The number of nitrogens with two attached hydrogens (primary N) is 1. The number of nitrogens with zero attached hydrogens (tertiary/aromatic N) is 2. The van der Waals surface area contributed by atoms with Crippen molar-refractivity contribution in [1.29, 1.82) is 0 Å². The summed E-state index contributed by atoms with van der Waals surface area (Å²) in [5, 5.41) is 6.77. The molecule has 1 spiro atoms. The molecule has 4 rings (SSSR count). The highest BCUT2D eigenvalue weighted by Gasteiger charge is 2.51. The SMILES string of the molecule is CC1=C2C(=O)NC3(CCCCC3)C2CC(Nc2ncnc(N)c2C)=C1. The van der Waals surface area contributed by atoms with E-state index in [2.05, 4.69) is 26.7 Å². The molecule has 25 heavy (non-hydrogen) atoms. The van der Waals surface area contributed by atoms with Crippen molar-refractivity contribution in [3.63, 3.8) is 0 Å². The fourth-order valence-corrected chi connectivity index (χ4v) is 4.67. The molecule has 1 saturated heterocycles. The maximum atomic E-state index is 12.6. The van der Waals surface area contributed by atoms with E-state index in [0.29, 0.717) is 5.82 Å². The van der Waals surface area contributed by atoms with Crippen molar-refractivity contribution in [2.75, 3.05) is 11.1 Å². The fraction of sp³-hybridized carbons (Fsp3) is 0.526. The van der Waals surface area contributed by atoms with Crippen LogP contribution in [-0.2, 0) is 4.79 Å². The number of rotatable bonds is 2.